The highest BCUT2D eigenvalue weighted by Gasteiger charge is 2.18. The summed E-state index contributed by atoms with van der Waals surface area (Å²) in [6.07, 6.45) is 5.13. The first-order chi connectivity index (χ1) is 10.7. The standard InChI is InChI=1S/C17H22FN3O/c18-15-7-5-14(6-8-15)12-22-17-9-16(10-19)20-21(17)11-13-3-1-2-4-13/h5-9,13H,1-4,10-12,19H2. The van der Waals surface area contributed by atoms with Crippen LogP contribution in [0.3, 0.4) is 0 Å². The van der Waals surface area contributed by atoms with E-state index >= 15 is 0 Å². The third-order valence-electron chi connectivity index (χ3n) is 4.21. The van der Waals surface area contributed by atoms with Gasteiger partial charge >= 0.3 is 0 Å². The average Bonchev–Trinajstić information content (AvgIpc) is 3.17. The van der Waals surface area contributed by atoms with E-state index in [4.69, 9.17) is 10.5 Å². The van der Waals surface area contributed by atoms with Crippen LogP contribution in [0.15, 0.2) is 30.3 Å². The van der Waals surface area contributed by atoms with E-state index in [1.165, 1.54) is 37.8 Å². The predicted octanol–water partition coefficient (Wildman–Crippen LogP) is 3.25. The Morgan fingerprint density at radius 3 is 2.64 bits per heavy atom. The van der Waals surface area contributed by atoms with Gasteiger partial charge in [-0.3, -0.25) is 0 Å². The monoisotopic (exact) mass is 303 g/mol. The molecule has 5 heteroatoms. The molecular weight excluding hydrogens is 281 g/mol. The van der Waals surface area contributed by atoms with Gasteiger partial charge in [-0.2, -0.15) is 5.10 Å². The van der Waals surface area contributed by atoms with Crippen LogP contribution in [0.25, 0.3) is 0 Å². The van der Waals surface area contributed by atoms with Crippen molar-refractivity contribution in [2.45, 2.75) is 45.4 Å². The molecule has 1 aliphatic carbocycles. The lowest BCUT2D eigenvalue weighted by Gasteiger charge is -2.13. The van der Waals surface area contributed by atoms with Crippen molar-refractivity contribution in [1.82, 2.24) is 9.78 Å². The van der Waals surface area contributed by atoms with E-state index in [-0.39, 0.29) is 5.82 Å². The number of halogens is 1. The second-order valence-corrected chi connectivity index (χ2v) is 5.93. The fraction of sp³-hybridized carbons (Fsp3) is 0.471. The van der Waals surface area contributed by atoms with Crippen LogP contribution in [0.5, 0.6) is 5.88 Å². The summed E-state index contributed by atoms with van der Waals surface area (Å²) in [5.41, 5.74) is 7.47. The van der Waals surface area contributed by atoms with Crippen LogP contribution < -0.4 is 10.5 Å². The molecule has 2 N–H and O–H groups in total. The van der Waals surface area contributed by atoms with Gasteiger partial charge < -0.3 is 10.5 Å². The molecule has 1 aromatic carbocycles. The van der Waals surface area contributed by atoms with Gasteiger partial charge in [-0.05, 0) is 36.5 Å². The number of ether oxygens (including phenoxy) is 1. The normalized spacial score (nSPS) is 15.4. The molecule has 0 aliphatic heterocycles. The maximum absolute atomic E-state index is 12.9. The molecule has 22 heavy (non-hydrogen) atoms. The summed E-state index contributed by atoms with van der Waals surface area (Å²) in [4.78, 5) is 0. The first-order valence-corrected chi connectivity index (χ1v) is 7.88. The van der Waals surface area contributed by atoms with Crippen molar-refractivity contribution >= 4 is 0 Å². The van der Waals surface area contributed by atoms with Crippen LogP contribution in [0, 0.1) is 11.7 Å². The number of rotatable bonds is 6. The third kappa shape index (κ3) is 3.65. The van der Waals surface area contributed by atoms with Gasteiger partial charge in [-0.1, -0.05) is 25.0 Å². The van der Waals surface area contributed by atoms with Crippen LogP contribution in [-0.2, 0) is 19.7 Å². The zero-order chi connectivity index (χ0) is 15.4. The molecule has 0 spiro atoms. The van der Waals surface area contributed by atoms with Gasteiger partial charge in [-0.15, -0.1) is 0 Å². The number of nitrogens with two attached hydrogens (primary N) is 1. The Balaban J connectivity index is 1.68. The van der Waals surface area contributed by atoms with Gasteiger partial charge in [0.2, 0.25) is 5.88 Å². The highest BCUT2D eigenvalue weighted by molar-refractivity contribution is 5.19. The van der Waals surface area contributed by atoms with Crippen LogP contribution in [0.4, 0.5) is 4.39 Å². The molecule has 118 valence electrons. The highest BCUT2D eigenvalue weighted by atomic mass is 19.1. The molecular formula is C17H22FN3O. The fourth-order valence-corrected chi connectivity index (χ4v) is 2.97. The van der Waals surface area contributed by atoms with Crippen LogP contribution >= 0.6 is 0 Å². The molecule has 2 aromatic rings. The number of nitrogens with zero attached hydrogens (tertiary/aromatic N) is 2. The van der Waals surface area contributed by atoms with Crippen molar-refractivity contribution in [3.05, 3.63) is 47.4 Å². The molecule has 0 amide bonds. The van der Waals surface area contributed by atoms with E-state index in [9.17, 15) is 4.39 Å². The summed E-state index contributed by atoms with van der Waals surface area (Å²) in [5, 5.41) is 4.53. The summed E-state index contributed by atoms with van der Waals surface area (Å²) in [7, 11) is 0. The highest BCUT2D eigenvalue weighted by Crippen LogP contribution is 2.28. The number of aromatic nitrogens is 2. The van der Waals surface area contributed by atoms with E-state index < -0.39 is 0 Å². The first-order valence-electron chi connectivity index (χ1n) is 7.88. The van der Waals surface area contributed by atoms with Gasteiger partial charge in [-0.25, -0.2) is 9.07 Å². The zero-order valence-electron chi connectivity index (χ0n) is 12.7. The number of hydrogen-bond acceptors (Lipinski definition) is 3. The minimum atomic E-state index is -0.236. The van der Waals surface area contributed by atoms with Crippen LogP contribution in [-0.4, -0.2) is 9.78 Å². The van der Waals surface area contributed by atoms with Crippen molar-refractivity contribution < 1.29 is 9.13 Å². The summed E-state index contributed by atoms with van der Waals surface area (Å²) in [6.45, 7) is 1.70. The molecule has 3 rings (SSSR count). The van der Waals surface area contributed by atoms with Crippen molar-refractivity contribution in [3.63, 3.8) is 0 Å². The summed E-state index contributed by atoms with van der Waals surface area (Å²) < 4.78 is 20.7. The molecule has 1 heterocycles. The topological polar surface area (TPSA) is 53.1 Å². The van der Waals surface area contributed by atoms with E-state index in [0.29, 0.717) is 19.1 Å². The molecule has 4 nitrogen and oxygen atoms in total. The Bertz CT molecular complexity index is 603. The Labute approximate surface area is 130 Å². The molecule has 1 aliphatic rings. The molecule has 0 radical (unpaired) electrons. The van der Waals surface area contributed by atoms with Crippen molar-refractivity contribution in [2.75, 3.05) is 0 Å². The maximum Gasteiger partial charge on any atom is 0.212 e. The lowest BCUT2D eigenvalue weighted by Crippen LogP contribution is -2.12. The Hall–Kier alpha value is -1.88. The van der Waals surface area contributed by atoms with Gasteiger partial charge in [0, 0.05) is 19.2 Å². The van der Waals surface area contributed by atoms with Gasteiger partial charge in [0.1, 0.15) is 12.4 Å². The molecule has 1 fully saturated rings. The summed E-state index contributed by atoms with van der Waals surface area (Å²) in [5.74, 6) is 1.19. The smallest absolute Gasteiger partial charge is 0.212 e. The molecule has 0 saturated heterocycles. The minimum absolute atomic E-state index is 0.236. The number of benzene rings is 1. The fourth-order valence-electron chi connectivity index (χ4n) is 2.97. The first kappa shape index (κ1) is 15.0. The Morgan fingerprint density at radius 1 is 1.23 bits per heavy atom. The average molecular weight is 303 g/mol. The van der Waals surface area contributed by atoms with E-state index in [1.807, 2.05) is 10.7 Å². The van der Waals surface area contributed by atoms with E-state index in [1.54, 1.807) is 12.1 Å². The predicted molar refractivity (Wildman–Crippen MR) is 82.8 cm³/mol. The van der Waals surface area contributed by atoms with Gasteiger partial charge in [0.25, 0.3) is 0 Å². The van der Waals surface area contributed by atoms with Crippen molar-refractivity contribution in [1.29, 1.82) is 0 Å². The van der Waals surface area contributed by atoms with Crippen molar-refractivity contribution in [2.24, 2.45) is 11.7 Å². The zero-order valence-corrected chi connectivity index (χ0v) is 12.7. The molecule has 1 saturated carbocycles. The van der Waals surface area contributed by atoms with E-state index in [0.717, 1.165) is 23.7 Å². The lowest BCUT2D eigenvalue weighted by atomic mass is 10.1. The minimum Gasteiger partial charge on any atom is -0.473 e. The van der Waals surface area contributed by atoms with Crippen molar-refractivity contribution in [3.8, 4) is 5.88 Å². The summed E-state index contributed by atoms with van der Waals surface area (Å²) in [6, 6.07) is 8.26. The maximum atomic E-state index is 12.9. The third-order valence-corrected chi connectivity index (χ3v) is 4.21. The second-order valence-electron chi connectivity index (χ2n) is 5.93. The quantitative estimate of drug-likeness (QED) is 0.891. The second kappa shape index (κ2) is 6.92. The van der Waals surface area contributed by atoms with Crippen LogP contribution in [0.2, 0.25) is 0 Å². The van der Waals surface area contributed by atoms with Crippen LogP contribution in [0.1, 0.15) is 36.9 Å². The molecule has 0 unspecified atom stereocenters. The SMILES string of the molecule is NCc1cc(OCc2ccc(F)cc2)n(CC2CCCC2)n1. The van der Waals surface area contributed by atoms with Gasteiger partial charge in [0.05, 0.1) is 5.69 Å². The summed E-state index contributed by atoms with van der Waals surface area (Å²) >= 11 is 0. The molecule has 0 atom stereocenters. The largest absolute Gasteiger partial charge is 0.473 e. The van der Waals surface area contributed by atoms with Gasteiger partial charge in [0.15, 0.2) is 0 Å². The Kier molecular flexibility index (Phi) is 4.73. The molecule has 1 aromatic heterocycles. The lowest BCUT2D eigenvalue weighted by molar-refractivity contribution is 0.261. The molecule has 0 bridgehead atoms. The number of hydrogen-bond donors (Lipinski definition) is 1. The van der Waals surface area contributed by atoms with E-state index in [2.05, 4.69) is 5.10 Å². The Morgan fingerprint density at radius 2 is 1.95 bits per heavy atom.